The molecule has 2 nitrogen and oxygen atoms in total. The molecule has 0 aromatic heterocycles. The van der Waals surface area contributed by atoms with Crippen molar-refractivity contribution < 1.29 is 9.18 Å². The van der Waals surface area contributed by atoms with Gasteiger partial charge in [-0.25, -0.2) is 4.39 Å². The summed E-state index contributed by atoms with van der Waals surface area (Å²) in [5, 5.41) is 2.75. The fourth-order valence-electron chi connectivity index (χ4n) is 1.32. The third-order valence-electron chi connectivity index (χ3n) is 2.09. The normalized spacial score (nSPS) is 12.7. The minimum atomic E-state index is -0.628. The van der Waals surface area contributed by atoms with Crippen LogP contribution >= 0.6 is 15.9 Å². The molecule has 0 heterocycles. The molecule has 1 rings (SSSR count). The van der Waals surface area contributed by atoms with Gasteiger partial charge in [-0.2, -0.15) is 0 Å². The van der Waals surface area contributed by atoms with E-state index in [0.29, 0.717) is 0 Å². The van der Waals surface area contributed by atoms with Crippen LogP contribution in [-0.4, -0.2) is 12.6 Å². The Hall–Kier alpha value is -1.16. The Morgan fingerprint density at radius 2 is 2.25 bits per heavy atom. The average molecular weight is 286 g/mol. The molecule has 0 fully saturated rings. The van der Waals surface area contributed by atoms with Crippen LogP contribution in [0, 0.1) is 0 Å². The molecule has 1 atom stereocenters. The van der Waals surface area contributed by atoms with Gasteiger partial charge in [0.15, 0.2) is 0 Å². The largest absolute Gasteiger partial charge is 0.346 e. The number of benzene rings is 1. The second-order valence-electron chi connectivity index (χ2n) is 3.31. The molecule has 0 unspecified atom stereocenters. The number of nitrogens with one attached hydrogen (secondary N) is 1. The van der Waals surface area contributed by atoms with Gasteiger partial charge in [0.1, 0.15) is 6.67 Å². The van der Waals surface area contributed by atoms with E-state index in [1.807, 2.05) is 31.2 Å². The monoisotopic (exact) mass is 285 g/mol. The molecular formula is C12H13BrFNO. The van der Waals surface area contributed by atoms with Gasteiger partial charge in [-0.15, -0.1) is 0 Å². The lowest BCUT2D eigenvalue weighted by atomic mass is 10.1. The number of carbonyl (C=O) groups excluding carboxylic acids is 1. The highest BCUT2D eigenvalue weighted by atomic mass is 79.9. The fourth-order valence-corrected chi connectivity index (χ4v) is 1.95. The van der Waals surface area contributed by atoms with Gasteiger partial charge in [0.2, 0.25) is 5.91 Å². The molecule has 1 amide bonds. The molecule has 1 N–H and O–H groups in total. The Morgan fingerprint density at radius 3 is 2.88 bits per heavy atom. The van der Waals surface area contributed by atoms with Crippen LogP contribution in [0.3, 0.4) is 0 Å². The smallest absolute Gasteiger partial charge is 0.244 e. The Kier molecular flexibility index (Phi) is 5.19. The van der Waals surface area contributed by atoms with E-state index >= 15 is 0 Å². The molecule has 1 aromatic carbocycles. The predicted octanol–water partition coefficient (Wildman–Crippen LogP) is 3.15. The standard InChI is InChI=1S/C12H13BrFNO/c1-9(15-12(16)7-4-8-14)10-5-2-3-6-11(10)13/h2-7,9H,8H2,1H3,(H,15,16)/b7-4+/t9-/m1/s1. The summed E-state index contributed by atoms with van der Waals surface area (Å²) >= 11 is 3.41. The Balaban J connectivity index is 2.66. The first-order valence-corrected chi connectivity index (χ1v) is 5.72. The van der Waals surface area contributed by atoms with Crippen molar-refractivity contribution in [2.24, 2.45) is 0 Å². The van der Waals surface area contributed by atoms with E-state index in [1.54, 1.807) is 0 Å². The lowest BCUT2D eigenvalue weighted by Gasteiger charge is -2.14. The highest BCUT2D eigenvalue weighted by molar-refractivity contribution is 9.10. The molecule has 0 saturated carbocycles. The third-order valence-corrected chi connectivity index (χ3v) is 2.81. The Bertz CT molecular complexity index is 392. The highest BCUT2D eigenvalue weighted by Gasteiger charge is 2.09. The van der Waals surface area contributed by atoms with E-state index < -0.39 is 6.67 Å². The van der Waals surface area contributed by atoms with Crippen LogP contribution in [0.4, 0.5) is 4.39 Å². The van der Waals surface area contributed by atoms with Crippen LogP contribution < -0.4 is 5.32 Å². The summed E-state index contributed by atoms with van der Waals surface area (Å²) in [7, 11) is 0. The number of rotatable bonds is 4. The summed E-state index contributed by atoms with van der Waals surface area (Å²) in [4.78, 5) is 11.3. The maximum absolute atomic E-state index is 11.8. The van der Waals surface area contributed by atoms with Gasteiger partial charge in [0.05, 0.1) is 6.04 Å². The van der Waals surface area contributed by atoms with Crippen molar-refractivity contribution in [1.29, 1.82) is 0 Å². The van der Waals surface area contributed by atoms with E-state index in [1.165, 1.54) is 12.2 Å². The van der Waals surface area contributed by atoms with Crippen molar-refractivity contribution in [2.45, 2.75) is 13.0 Å². The zero-order valence-electron chi connectivity index (χ0n) is 8.91. The van der Waals surface area contributed by atoms with Crippen molar-refractivity contribution in [3.63, 3.8) is 0 Å². The molecule has 0 aliphatic rings. The zero-order valence-corrected chi connectivity index (χ0v) is 10.5. The topological polar surface area (TPSA) is 29.1 Å². The van der Waals surface area contributed by atoms with E-state index in [-0.39, 0.29) is 11.9 Å². The summed E-state index contributed by atoms with van der Waals surface area (Å²) in [5.41, 5.74) is 0.990. The van der Waals surface area contributed by atoms with Crippen molar-refractivity contribution in [1.82, 2.24) is 5.32 Å². The van der Waals surface area contributed by atoms with Gasteiger partial charge in [0, 0.05) is 10.5 Å². The first kappa shape index (κ1) is 12.9. The Morgan fingerprint density at radius 1 is 1.56 bits per heavy atom. The van der Waals surface area contributed by atoms with Crippen LogP contribution in [0.1, 0.15) is 18.5 Å². The van der Waals surface area contributed by atoms with E-state index in [4.69, 9.17) is 0 Å². The molecule has 0 aliphatic heterocycles. The van der Waals surface area contributed by atoms with Crippen molar-refractivity contribution >= 4 is 21.8 Å². The highest BCUT2D eigenvalue weighted by Crippen LogP contribution is 2.22. The number of halogens is 2. The molecule has 1 aromatic rings. The molecular weight excluding hydrogens is 273 g/mol. The van der Waals surface area contributed by atoms with Gasteiger partial charge in [-0.1, -0.05) is 34.1 Å². The third kappa shape index (κ3) is 3.77. The summed E-state index contributed by atoms with van der Waals surface area (Å²) in [6, 6.07) is 7.53. The van der Waals surface area contributed by atoms with Gasteiger partial charge in [0.25, 0.3) is 0 Å². The predicted molar refractivity (Wildman–Crippen MR) is 65.8 cm³/mol. The number of carbonyl (C=O) groups is 1. The van der Waals surface area contributed by atoms with Gasteiger partial charge < -0.3 is 5.32 Å². The molecule has 16 heavy (non-hydrogen) atoms. The molecule has 0 radical (unpaired) electrons. The molecule has 4 heteroatoms. The number of amides is 1. The summed E-state index contributed by atoms with van der Waals surface area (Å²) in [5.74, 6) is -0.291. The van der Waals surface area contributed by atoms with Crippen LogP contribution in [0.2, 0.25) is 0 Å². The summed E-state index contributed by atoms with van der Waals surface area (Å²) in [6.07, 6.45) is 2.38. The first-order valence-electron chi connectivity index (χ1n) is 4.92. The lowest BCUT2D eigenvalue weighted by molar-refractivity contribution is -0.117. The van der Waals surface area contributed by atoms with Crippen molar-refractivity contribution in [3.05, 3.63) is 46.5 Å². The SMILES string of the molecule is C[C@@H](NC(=O)/C=C/CF)c1ccccc1Br. The van der Waals surface area contributed by atoms with Crippen LogP contribution in [0.15, 0.2) is 40.9 Å². The second-order valence-corrected chi connectivity index (χ2v) is 4.16. The van der Waals surface area contributed by atoms with E-state index in [2.05, 4.69) is 21.2 Å². The van der Waals surface area contributed by atoms with Crippen LogP contribution in [-0.2, 0) is 4.79 Å². The molecule has 0 spiro atoms. The number of hydrogen-bond donors (Lipinski definition) is 1. The first-order chi connectivity index (χ1) is 7.65. The van der Waals surface area contributed by atoms with Gasteiger partial charge in [-0.3, -0.25) is 4.79 Å². The minimum Gasteiger partial charge on any atom is -0.346 e. The maximum Gasteiger partial charge on any atom is 0.244 e. The fraction of sp³-hybridized carbons (Fsp3) is 0.250. The molecule has 0 bridgehead atoms. The number of hydrogen-bond acceptors (Lipinski definition) is 1. The number of allylic oxidation sites excluding steroid dienone is 1. The average Bonchev–Trinajstić information content (AvgIpc) is 2.26. The molecule has 0 aliphatic carbocycles. The van der Waals surface area contributed by atoms with Crippen LogP contribution in [0.25, 0.3) is 0 Å². The Labute approximate surface area is 103 Å². The molecule has 86 valence electrons. The zero-order chi connectivity index (χ0) is 12.0. The van der Waals surface area contributed by atoms with Gasteiger partial charge in [-0.05, 0) is 24.6 Å². The van der Waals surface area contributed by atoms with E-state index in [0.717, 1.165) is 10.0 Å². The minimum absolute atomic E-state index is 0.118. The summed E-state index contributed by atoms with van der Waals surface area (Å²) < 4.78 is 12.7. The second kappa shape index (κ2) is 6.43. The van der Waals surface area contributed by atoms with Gasteiger partial charge >= 0.3 is 0 Å². The maximum atomic E-state index is 11.8. The molecule has 0 saturated heterocycles. The van der Waals surface area contributed by atoms with E-state index in [9.17, 15) is 9.18 Å². The summed E-state index contributed by atoms with van der Waals surface area (Å²) in [6.45, 7) is 1.25. The van der Waals surface area contributed by atoms with Crippen LogP contribution in [0.5, 0.6) is 0 Å². The van der Waals surface area contributed by atoms with Crippen molar-refractivity contribution in [3.8, 4) is 0 Å². The quantitative estimate of drug-likeness (QED) is 0.846. The lowest BCUT2D eigenvalue weighted by Crippen LogP contribution is -2.24. The number of alkyl halides is 1. The van der Waals surface area contributed by atoms with Crippen molar-refractivity contribution in [2.75, 3.05) is 6.67 Å².